The van der Waals surface area contributed by atoms with Crippen LogP contribution in [0.25, 0.3) is 0 Å². The molecule has 1 aliphatic rings. The van der Waals surface area contributed by atoms with Crippen molar-refractivity contribution in [2.75, 3.05) is 6.61 Å². The number of nitrogens with two attached hydrogens (primary N) is 1. The zero-order chi connectivity index (χ0) is 11.8. The number of hydrogen-bond acceptors (Lipinski definition) is 3. The fourth-order valence-electron chi connectivity index (χ4n) is 2.32. The molecule has 2 atom stereocenters. The number of hydrogen-bond donors (Lipinski definition) is 2. The van der Waals surface area contributed by atoms with E-state index in [1.54, 1.807) is 0 Å². The molecule has 3 N–H and O–H groups in total. The first-order valence-corrected chi connectivity index (χ1v) is 6.34. The molecule has 1 saturated carbocycles. The zero-order valence-corrected chi connectivity index (χ0v) is 10.2. The molecule has 94 valence electrons. The molecule has 0 saturated heterocycles. The average molecular weight is 228 g/mol. The SMILES string of the molecule is CCC1CCCC(OCCCC(N)=NO)C1. The van der Waals surface area contributed by atoms with E-state index in [2.05, 4.69) is 12.1 Å². The van der Waals surface area contributed by atoms with E-state index in [4.69, 9.17) is 15.7 Å². The Bertz CT molecular complexity index is 219. The van der Waals surface area contributed by atoms with Crippen LogP contribution in [-0.2, 0) is 4.74 Å². The fraction of sp³-hybridized carbons (Fsp3) is 0.917. The van der Waals surface area contributed by atoms with Crippen molar-refractivity contribution in [3.8, 4) is 0 Å². The van der Waals surface area contributed by atoms with Gasteiger partial charge in [-0.3, -0.25) is 0 Å². The predicted octanol–water partition coefficient (Wildman–Crippen LogP) is 2.50. The van der Waals surface area contributed by atoms with E-state index in [9.17, 15) is 0 Å². The molecule has 0 heterocycles. The zero-order valence-electron chi connectivity index (χ0n) is 10.2. The fourth-order valence-corrected chi connectivity index (χ4v) is 2.32. The van der Waals surface area contributed by atoms with Gasteiger partial charge in [0.2, 0.25) is 0 Å². The Kier molecular flexibility index (Phi) is 6.23. The van der Waals surface area contributed by atoms with Gasteiger partial charge in [0, 0.05) is 13.0 Å². The van der Waals surface area contributed by atoms with Gasteiger partial charge in [0.25, 0.3) is 0 Å². The molecule has 0 aromatic carbocycles. The monoisotopic (exact) mass is 228 g/mol. The van der Waals surface area contributed by atoms with E-state index >= 15 is 0 Å². The third kappa shape index (κ3) is 4.84. The van der Waals surface area contributed by atoms with E-state index in [0.717, 1.165) is 18.9 Å². The van der Waals surface area contributed by atoms with Crippen molar-refractivity contribution in [1.29, 1.82) is 0 Å². The largest absolute Gasteiger partial charge is 0.409 e. The summed E-state index contributed by atoms with van der Waals surface area (Å²) in [5, 5.41) is 11.3. The number of amidine groups is 1. The first-order chi connectivity index (χ1) is 7.76. The van der Waals surface area contributed by atoms with E-state index in [1.165, 1.54) is 32.1 Å². The van der Waals surface area contributed by atoms with E-state index in [-0.39, 0.29) is 0 Å². The molecule has 0 aliphatic heterocycles. The molecular weight excluding hydrogens is 204 g/mol. The first kappa shape index (κ1) is 13.3. The molecule has 1 fully saturated rings. The number of ether oxygens (including phenoxy) is 1. The van der Waals surface area contributed by atoms with Crippen LogP contribution in [0.3, 0.4) is 0 Å². The maximum absolute atomic E-state index is 8.37. The third-order valence-electron chi connectivity index (χ3n) is 3.37. The first-order valence-electron chi connectivity index (χ1n) is 6.34. The van der Waals surface area contributed by atoms with Crippen molar-refractivity contribution in [3.63, 3.8) is 0 Å². The summed E-state index contributed by atoms with van der Waals surface area (Å²) in [5.41, 5.74) is 5.38. The summed E-state index contributed by atoms with van der Waals surface area (Å²) in [6.07, 6.45) is 8.21. The highest BCUT2D eigenvalue weighted by molar-refractivity contribution is 5.79. The molecule has 0 spiro atoms. The summed E-state index contributed by atoms with van der Waals surface area (Å²) in [6, 6.07) is 0. The number of rotatable bonds is 6. The van der Waals surface area contributed by atoms with Crippen LogP contribution >= 0.6 is 0 Å². The van der Waals surface area contributed by atoms with Crippen LogP contribution in [0.1, 0.15) is 51.9 Å². The lowest BCUT2D eigenvalue weighted by Gasteiger charge is -2.28. The van der Waals surface area contributed by atoms with Gasteiger partial charge in [0.1, 0.15) is 5.84 Å². The van der Waals surface area contributed by atoms with E-state index in [0.29, 0.717) is 18.4 Å². The van der Waals surface area contributed by atoms with E-state index < -0.39 is 0 Å². The molecule has 1 aliphatic carbocycles. The molecule has 0 amide bonds. The minimum absolute atomic E-state index is 0.290. The normalized spacial score (nSPS) is 26.9. The van der Waals surface area contributed by atoms with Gasteiger partial charge < -0.3 is 15.7 Å². The molecule has 0 radical (unpaired) electrons. The predicted molar refractivity (Wildman–Crippen MR) is 64.6 cm³/mol. The van der Waals surface area contributed by atoms with Crippen LogP contribution in [0.15, 0.2) is 5.16 Å². The highest BCUT2D eigenvalue weighted by Crippen LogP contribution is 2.28. The molecule has 0 aromatic heterocycles. The summed E-state index contributed by atoms with van der Waals surface area (Å²) < 4.78 is 5.82. The smallest absolute Gasteiger partial charge is 0.139 e. The Morgan fingerprint density at radius 2 is 2.31 bits per heavy atom. The van der Waals surface area contributed by atoms with Crippen molar-refractivity contribution in [2.45, 2.75) is 58.0 Å². The molecule has 0 bridgehead atoms. The van der Waals surface area contributed by atoms with Gasteiger partial charge in [-0.05, 0) is 25.2 Å². The van der Waals surface area contributed by atoms with Crippen LogP contribution in [0.5, 0.6) is 0 Å². The second-order valence-corrected chi connectivity index (χ2v) is 4.63. The lowest BCUT2D eigenvalue weighted by molar-refractivity contribution is 0.0120. The average Bonchev–Trinajstić information content (AvgIpc) is 2.34. The lowest BCUT2D eigenvalue weighted by atomic mass is 9.85. The van der Waals surface area contributed by atoms with Crippen LogP contribution in [-0.4, -0.2) is 23.8 Å². The third-order valence-corrected chi connectivity index (χ3v) is 3.37. The standard InChI is InChI=1S/C12H24N2O2/c1-2-10-5-3-6-11(9-10)16-8-4-7-12(13)14-15/h10-11,15H,2-9H2,1H3,(H2,13,14). The summed E-state index contributed by atoms with van der Waals surface area (Å²) in [7, 11) is 0. The molecule has 4 nitrogen and oxygen atoms in total. The minimum atomic E-state index is 0.290. The number of oxime groups is 1. The highest BCUT2D eigenvalue weighted by Gasteiger charge is 2.20. The molecule has 2 unspecified atom stereocenters. The van der Waals surface area contributed by atoms with Gasteiger partial charge in [-0.2, -0.15) is 0 Å². The maximum atomic E-state index is 8.37. The summed E-state index contributed by atoms with van der Waals surface area (Å²) in [5.74, 6) is 1.14. The second-order valence-electron chi connectivity index (χ2n) is 4.63. The van der Waals surface area contributed by atoms with Crippen LogP contribution in [0, 0.1) is 5.92 Å². The minimum Gasteiger partial charge on any atom is -0.409 e. The topological polar surface area (TPSA) is 67.8 Å². The Balaban J connectivity index is 2.08. The van der Waals surface area contributed by atoms with E-state index in [1.807, 2.05) is 0 Å². The van der Waals surface area contributed by atoms with Crippen molar-refractivity contribution < 1.29 is 9.94 Å². The van der Waals surface area contributed by atoms with Gasteiger partial charge in [-0.1, -0.05) is 31.3 Å². The van der Waals surface area contributed by atoms with Gasteiger partial charge in [-0.15, -0.1) is 0 Å². The van der Waals surface area contributed by atoms with Crippen molar-refractivity contribution in [3.05, 3.63) is 0 Å². The Hall–Kier alpha value is -0.770. The van der Waals surface area contributed by atoms with Gasteiger partial charge >= 0.3 is 0 Å². The Morgan fingerprint density at radius 1 is 1.50 bits per heavy atom. The summed E-state index contributed by atoms with van der Waals surface area (Å²) >= 11 is 0. The van der Waals surface area contributed by atoms with Crippen molar-refractivity contribution in [2.24, 2.45) is 16.8 Å². The molecule has 0 aromatic rings. The van der Waals surface area contributed by atoms with Crippen molar-refractivity contribution in [1.82, 2.24) is 0 Å². The summed E-state index contributed by atoms with van der Waals surface area (Å²) in [6.45, 7) is 2.97. The summed E-state index contributed by atoms with van der Waals surface area (Å²) in [4.78, 5) is 0. The molecule has 16 heavy (non-hydrogen) atoms. The Morgan fingerprint density at radius 3 is 3.00 bits per heavy atom. The molecule has 1 rings (SSSR count). The van der Waals surface area contributed by atoms with Crippen molar-refractivity contribution >= 4 is 5.84 Å². The lowest BCUT2D eigenvalue weighted by Crippen LogP contribution is -2.23. The van der Waals surface area contributed by atoms with Gasteiger partial charge in [0.15, 0.2) is 0 Å². The number of nitrogens with zero attached hydrogens (tertiary/aromatic N) is 1. The van der Waals surface area contributed by atoms with Gasteiger partial charge in [0.05, 0.1) is 6.10 Å². The molecular formula is C12H24N2O2. The highest BCUT2D eigenvalue weighted by atomic mass is 16.5. The van der Waals surface area contributed by atoms with Crippen LogP contribution in [0.4, 0.5) is 0 Å². The van der Waals surface area contributed by atoms with Gasteiger partial charge in [-0.25, -0.2) is 0 Å². The Labute approximate surface area is 97.8 Å². The van der Waals surface area contributed by atoms with Crippen LogP contribution in [0.2, 0.25) is 0 Å². The van der Waals surface area contributed by atoms with Crippen LogP contribution < -0.4 is 5.73 Å². The maximum Gasteiger partial charge on any atom is 0.139 e. The second kappa shape index (κ2) is 7.49. The molecule has 4 heteroatoms. The quantitative estimate of drug-likeness (QED) is 0.241.